The van der Waals surface area contributed by atoms with Crippen LogP contribution in [0.3, 0.4) is 0 Å². The van der Waals surface area contributed by atoms with Crippen LogP contribution in [0.4, 0.5) is 0 Å². The highest BCUT2D eigenvalue weighted by Crippen LogP contribution is 2.64. The van der Waals surface area contributed by atoms with E-state index in [1.807, 2.05) is 0 Å². The molecule has 0 N–H and O–H groups in total. The van der Waals surface area contributed by atoms with Gasteiger partial charge in [-0.15, -0.1) is 0 Å². The molecular formula is C55H32. The molecule has 13 rings (SSSR count). The predicted octanol–water partition coefficient (Wildman–Crippen LogP) is 14.6. The highest BCUT2D eigenvalue weighted by molar-refractivity contribution is 6.25. The van der Waals surface area contributed by atoms with Gasteiger partial charge in [0.05, 0.1) is 5.41 Å². The Hall–Kier alpha value is -7.02. The highest BCUT2D eigenvalue weighted by atomic mass is 14.5. The molecule has 0 radical (unpaired) electrons. The van der Waals surface area contributed by atoms with Crippen molar-refractivity contribution in [2.45, 2.75) is 5.41 Å². The lowest BCUT2D eigenvalue weighted by atomic mass is 9.70. The molecule has 0 nitrogen and oxygen atoms in total. The molecule has 2 aliphatic rings. The number of fused-ring (bicyclic) bond motifs is 13. The summed E-state index contributed by atoms with van der Waals surface area (Å²) >= 11 is 0. The maximum absolute atomic E-state index is 2.52. The van der Waals surface area contributed by atoms with Gasteiger partial charge in [-0.2, -0.15) is 0 Å². The topological polar surface area (TPSA) is 0 Å². The van der Waals surface area contributed by atoms with E-state index in [4.69, 9.17) is 0 Å². The highest BCUT2D eigenvalue weighted by Gasteiger charge is 2.52. The normalized spacial score (nSPS) is 13.6. The van der Waals surface area contributed by atoms with E-state index in [0.717, 1.165) is 0 Å². The first-order chi connectivity index (χ1) is 27.3. The first-order valence-corrected chi connectivity index (χ1v) is 19.3. The molecule has 0 unspecified atom stereocenters. The molecule has 0 aromatic heterocycles. The van der Waals surface area contributed by atoms with Gasteiger partial charge in [-0.1, -0.05) is 188 Å². The second kappa shape index (κ2) is 10.6. The molecule has 1 spiro atoms. The zero-order valence-corrected chi connectivity index (χ0v) is 30.0. The van der Waals surface area contributed by atoms with Crippen molar-refractivity contribution >= 4 is 53.9 Å². The molecule has 0 saturated heterocycles. The van der Waals surface area contributed by atoms with Crippen molar-refractivity contribution in [3.8, 4) is 44.5 Å². The zero-order chi connectivity index (χ0) is 35.8. The van der Waals surface area contributed by atoms with Crippen LogP contribution in [0, 0.1) is 0 Å². The Balaban J connectivity index is 1.14. The number of benzene rings is 11. The Morgan fingerprint density at radius 3 is 1.60 bits per heavy atom. The van der Waals surface area contributed by atoms with Gasteiger partial charge in [-0.05, 0) is 127 Å². The van der Waals surface area contributed by atoms with Crippen LogP contribution in [0.1, 0.15) is 22.3 Å². The Morgan fingerprint density at radius 1 is 0.255 bits per heavy atom. The standard InChI is InChI=1S/C55H32/c1-2-14-38-33(10-1)11-8-17-40(38)41-18-9-19-45-42(41)29-31-51-54(45)47-32-37(39-27-24-36-23-22-34-12-7-13-35-25-28-46(39)53(36)52(34)35)26-30-50(47)55(51)48-20-5-3-15-43(48)44-16-4-6-21-49(44)55/h1-32H. The van der Waals surface area contributed by atoms with Crippen molar-refractivity contribution in [1.29, 1.82) is 0 Å². The molecule has 0 aliphatic heterocycles. The van der Waals surface area contributed by atoms with Crippen molar-refractivity contribution in [2.75, 3.05) is 0 Å². The molecule has 11 aromatic carbocycles. The lowest BCUT2D eigenvalue weighted by Gasteiger charge is -2.30. The average Bonchev–Trinajstić information content (AvgIpc) is 3.72. The van der Waals surface area contributed by atoms with Gasteiger partial charge in [0.1, 0.15) is 0 Å². The molecular weight excluding hydrogens is 661 g/mol. The monoisotopic (exact) mass is 692 g/mol. The van der Waals surface area contributed by atoms with E-state index in [1.165, 1.54) is 121 Å². The molecule has 11 aromatic rings. The van der Waals surface area contributed by atoms with Gasteiger partial charge in [-0.3, -0.25) is 0 Å². The quantitative estimate of drug-likeness (QED) is 0.158. The minimum absolute atomic E-state index is 0.414. The summed E-state index contributed by atoms with van der Waals surface area (Å²) in [7, 11) is 0. The molecule has 0 fully saturated rings. The summed E-state index contributed by atoms with van der Waals surface area (Å²) in [6, 6.07) is 73.4. The van der Waals surface area contributed by atoms with Gasteiger partial charge in [0, 0.05) is 0 Å². The Morgan fingerprint density at radius 2 is 0.782 bits per heavy atom. The van der Waals surface area contributed by atoms with E-state index < -0.39 is 5.41 Å². The Bertz CT molecular complexity index is 3370. The number of hydrogen-bond acceptors (Lipinski definition) is 0. The molecule has 2 aliphatic carbocycles. The van der Waals surface area contributed by atoms with E-state index in [0.29, 0.717) is 0 Å². The Labute approximate surface area is 318 Å². The Kier molecular flexibility index (Phi) is 5.65. The van der Waals surface area contributed by atoms with Crippen LogP contribution in [0.15, 0.2) is 194 Å². The van der Waals surface area contributed by atoms with E-state index in [1.54, 1.807) is 0 Å². The van der Waals surface area contributed by atoms with Crippen molar-refractivity contribution in [2.24, 2.45) is 0 Å². The fourth-order valence-electron chi connectivity index (χ4n) is 10.8. The van der Waals surface area contributed by atoms with Crippen molar-refractivity contribution in [3.05, 3.63) is 216 Å². The van der Waals surface area contributed by atoms with E-state index in [2.05, 4.69) is 194 Å². The average molecular weight is 693 g/mol. The van der Waals surface area contributed by atoms with Crippen molar-refractivity contribution < 1.29 is 0 Å². The molecule has 55 heavy (non-hydrogen) atoms. The van der Waals surface area contributed by atoms with Gasteiger partial charge in [0.2, 0.25) is 0 Å². The molecule has 0 bridgehead atoms. The second-order valence-electron chi connectivity index (χ2n) is 15.5. The lowest BCUT2D eigenvalue weighted by molar-refractivity contribution is 0.794. The predicted molar refractivity (Wildman–Crippen MR) is 232 cm³/mol. The largest absolute Gasteiger partial charge is 0.0725 e. The van der Waals surface area contributed by atoms with Crippen molar-refractivity contribution in [1.82, 2.24) is 0 Å². The molecule has 0 atom stereocenters. The summed E-state index contributed by atoms with van der Waals surface area (Å²) in [6.45, 7) is 0. The van der Waals surface area contributed by atoms with Crippen LogP contribution in [0.5, 0.6) is 0 Å². The number of rotatable bonds is 2. The van der Waals surface area contributed by atoms with Gasteiger partial charge in [-0.25, -0.2) is 0 Å². The summed E-state index contributed by atoms with van der Waals surface area (Å²) in [4.78, 5) is 0. The van der Waals surface area contributed by atoms with E-state index in [-0.39, 0.29) is 0 Å². The van der Waals surface area contributed by atoms with E-state index >= 15 is 0 Å². The van der Waals surface area contributed by atoms with Gasteiger partial charge in [0.15, 0.2) is 0 Å². The maximum atomic E-state index is 2.52. The number of hydrogen-bond donors (Lipinski definition) is 0. The first kappa shape index (κ1) is 29.4. The fourth-order valence-corrected chi connectivity index (χ4v) is 10.8. The van der Waals surface area contributed by atoms with Gasteiger partial charge < -0.3 is 0 Å². The van der Waals surface area contributed by atoms with Crippen molar-refractivity contribution in [3.63, 3.8) is 0 Å². The van der Waals surface area contributed by atoms with Gasteiger partial charge >= 0.3 is 0 Å². The second-order valence-corrected chi connectivity index (χ2v) is 15.5. The molecule has 0 saturated carbocycles. The minimum atomic E-state index is -0.414. The smallest absolute Gasteiger partial charge is 0.0619 e. The summed E-state index contributed by atoms with van der Waals surface area (Å²) in [5, 5.41) is 13.0. The van der Waals surface area contributed by atoms with Crippen LogP contribution in [0.25, 0.3) is 98.4 Å². The van der Waals surface area contributed by atoms with Gasteiger partial charge in [0.25, 0.3) is 0 Å². The minimum Gasteiger partial charge on any atom is -0.0619 e. The van der Waals surface area contributed by atoms with E-state index in [9.17, 15) is 0 Å². The maximum Gasteiger partial charge on any atom is 0.0725 e. The molecule has 0 heteroatoms. The fraction of sp³-hybridized carbons (Fsp3) is 0.0182. The van der Waals surface area contributed by atoms with Crippen LogP contribution >= 0.6 is 0 Å². The third-order valence-corrected chi connectivity index (χ3v) is 13.0. The first-order valence-electron chi connectivity index (χ1n) is 19.3. The molecule has 0 amide bonds. The van der Waals surface area contributed by atoms with Crippen LogP contribution in [-0.2, 0) is 5.41 Å². The SMILES string of the molecule is c1ccc2c(c1)-c1ccccc1C21c2ccc(-c3ccc4ccc5cccc6ccc3c4c56)cc2-c2c1ccc1c(-c3cccc4ccccc34)cccc21. The third-order valence-electron chi connectivity index (χ3n) is 13.0. The van der Waals surface area contributed by atoms with Crippen LogP contribution < -0.4 is 0 Å². The molecule has 252 valence electrons. The zero-order valence-electron chi connectivity index (χ0n) is 30.0. The van der Waals surface area contributed by atoms with Crippen LogP contribution in [-0.4, -0.2) is 0 Å². The lowest BCUT2D eigenvalue weighted by Crippen LogP contribution is -2.25. The summed E-state index contributed by atoms with van der Waals surface area (Å²) in [6.07, 6.45) is 0. The third kappa shape index (κ3) is 3.67. The van der Waals surface area contributed by atoms with Crippen LogP contribution in [0.2, 0.25) is 0 Å². The summed E-state index contributed by atoms with van der Waals surface area (Å²) in [5.41, 5.74) is 15.5. The molecule has 0 heterocycles. The summed E-state index contributed by atoms with van der Waals surface area (Å²) in [5.74, 6) is 0. The summed E-state index contributed by atoms with van der Waals surface area (Å²) < 4.78 is 0.